The van der Waals surface area contributed by atoms with E-state index in [0.29, 0.717) is 6.54 Å². The lowest BCUT2D eigenvalue weighted by molar-refractivity contribution is -0.122. The smallest absolute Gasteiger partial charge is 0.287 e. The minimum atomic E-state index is -0.629. The average Bonchev–Trinajstić information content (AvgIpc) is 3.06. The van der Waals surface area contributed by atoms with Gasteiger partial charge in [-0.15, -0.1) is 11.3 Å². The molecule has 0 aliphatic heterocycles. The topological polar surface area (TPSA) is 71.3 Å². The second-order valence-corrected chi connectivity index (χ2v) is 6.64. The third-order valence-electron chi connectivity index (χ3n) is 2.55. The summed E-state index contributed by atoms with van der Waals surface area (Å²) in [6.45, 7) is 2.07. The molecule has 2 N–H and O–H groups in total. The highest BCUT2D eigenvalue weighted by Crippen LogP contribution is 2.21. The molecule has 1 atom stereocenters. The molecular weight excluding hydrogens is 344 g/mol. The summed E-state index contributed by atoms with van der Waals surface area (Å²) in [5.74, 6) is -0.460. The van der Waals surface area contributed by atoms with Crippen molar-refractivity contribution in [1.82, 2.24) is 10.6 Å². The van der Waals surface area contributed by atoms with Crippen LogP contribution in [0.25, 0.3) is 0 Å². The Labute approximate surface area is 128 Å². The SMILES string of the molecule is CC(NC(=O)c1ccco1)C(=O)NCc1ccc(Br)s1. The summed E-state index contributed by atoms with van der Waals surface area (Å²) in [6.07, 6.45) is 1.41. The van der Waals surface area contributed by atoms with Gasteiger partial charge in [0.15, 0.2) is 5.76 Å². The first-order valence-corrected chi connectivity index (χ1v) is 7.53. The van der Waals surface area contributed by atoms with Gasteiger partial charge in [0, 0.05) is 4.88 Å². The molecule has 0 saturated carbocycles. The van der Waals surface area contributed by atoms with Crippen LogP contribution in [0.2, 0.25) is 0 Å². The molecule has 0 aliphatic rings. The maximum atomic E-state index is 11.9. The Morgan fingerprint density at radius 2 is 2.20 bits per heavy atom. The van der Waals surface area contributed by atoms with Crippen LogP contribution < -0.4 is 10.6 Å². The Bertz CT molecular complexity index is 595. The van der Waals surface area contributed by atoms with Gasteiger partial charge >= 0.3 is 0 Å². The third-order valence-corrected chi connectivity index (χ3v) is 4.18. The highest BCUT2D eigenvalue weighted by Gasteiger charge is 2.17. The largest absolute Gasteiger partial charge is 0.459 e. The molecule has 0 fully saturated rings. The molecular formula is C13H13BrN2O3S. The Morgan fingerprint density at radius 1 is 1.40 bits per heavy atom. The van der Waals surface area contributed by atoms with Crippen molar-refractivity contribution in [2.24, 2.45) is 0 Å². The summed E-state index contributed by atoms with van der Waals surface area (Å²) in [7, 11) is 0. The van der Waals surface area contributed by atoms with Gasteiger partial charge in [-0.1, -0.05) is 0 Å². The van der Waals surface area contributed by atoms with Crippen LogP contribution in [0.15, 0.2) is 38.7 Å². The molecule has 2 aromatic heterocycles. The van der Waals surface area contributed by atoms with E-state index in [0.717, 1.165) is 8.66 Å². The lowest BCUT2D eigenvalue weighted by atomic mass is 10.3. The van der Waals surface area contributed by atoms with Gasteiger partial charge in [0.25, 0.3) is 5.91 Å². The van der Waals surface area contributed by atoms with Gasteiger partial charge in [0.05, 0.1) is 16.6 Å². The van der Waals surface area contributed by atoms with E-state index in [4.69, 9.17) is 4.42 Å². The molecule has 0 bridgehead atoms. The van der Waals surface area contributed by atoms with Gasteiger partial charge in [-0.3, -0.25) is 9.59 Å². The number of rotatable bonds is 5. The van der Waals surface area contributed by atoms with Crippen molar-refractivity contribution in [3.8, 4) is 0 Å². The molecule has 0 aromatic carbocycles. The maximum absolute atomic E-state index is 11.9. The van der Waals surface area contributed by atoms with Crippen molar-refractivity contribution in [2.75, 3.05) is 0 Å². The second kappa shape index (κ2) is 6.71. The summed E-state index contributed by atoms with van der Waals surface area (Å²) in [5, 5.41) is 5.34. The fraction of sp³-hybridized carbons (Fsp3) is 0.231. The summed E-state index contributed by atoms with van der Waals surface area (Å²) in [4.78, 5) is 24.6. The molecule has 0 saturated heterocycles. The van der Waals surface area contributed by atoms with Crippen molar-refractivity contribution in [3.63, 3.8) is 0 Å². The lowest BCUT2D eigenvalue weighted by Gasteiger charge is -2.12. The van der Waals surface area contributed by atoms with Crippen LogP contribution in [0.3, 0.4) is 0 Å². The summed E-state index contributed by atoms with van der Waals surface area (Å²) in [5.41, 5.74) is 0. The molecule has 0 aliphatic carbocycles. The minimum Gasteiger partial charge on any atom is -0.459 e. The monoisotopic (exact) mass is 356 g/mol. The molecule has 7 heteroatoms. The van der Waals surface area contributed by atoms with E-state index < -0.39 is 11.9 Å². The molecule has 20 heavy (non-hydrogen) atoms. The van der Waals surface area contributed by atoms with Crippen molar-refractivity contribution in [3.05, 3.63) is 45.0 Å². The van der Waals surface area contributed by atoms with Crippen molar-refractivity contribution in [2.45, 2.75) is 19.5 Å². The highest BCUT2D eigenvalue weighted by molar-refractivity contribution is 9.11. The van der Waals surface area contributed by atoms with Crippen LogP contribution >= 0.6 is 27.3 Å². The Morgan fingerprint density at radius 3 is 2.80 bits per heavy atom. The number of nitrogens with one attached hydrogen (secondary N) is 2. The quantitative estimate of drug-likeness (QED) is 0.864. The van der Waals surface area contributed by atoms with Crippen molar-refractivity contribution >= 4 is 39.1 Å². The maximum Gasteiger partial charge on any atom is 0.287 e. The molecule has 0 radical (unpaired) electrons. The van der Waals surface area contributed by atoms with Crippen LogP contribution in [-0.4, -0.2) is 17.9 Å². The first-order chi connectivity index (χ1) is 9.56. The fourth-order valence-electron chi connectivity index (χ4n) is 1.52. The lowest BCUT2D eigenvalue weighted by Crippen LogP contribution is -2.44. The highest BCUT2D eigenvalue weighted by atomic mass is 79.9. The fourth-order valence-corrected chi connectivity index (χ4v) is 2.94. The molecule has 2 rings (SSSR count). The number of hydrogen-bond donors (Lipinski definition) is 2. The van der Waals surface area contributed by atoms with Gasteiger partial charge in [-0.25, -0.2) is 0 Å². The normalized spacial score (nSPS) is 11.9. The van der Waals surface area contributed by atoms with Gasteiger partial charge in [0.2, 0.25) is 5.91 Å². The zero-order valence-electron chi connectivity index (χ0n) is 10.7. The molecule has 106 valence electrons. The van der Waals surface area contributed by atoms with E-state index in [1.165, 1.54) is 6.26 Å². The zero-order valence-corrected chi connectivity index (χ0v) is 13.1. The predicted octanol–water partition coefficient (Wildman–Crippen LogP) is 2.54. The Balaban J connectivity index is 1.81. The van der Waals surface area contributed by atoms with E-state index in [9.17, 15) is 9.59 Å². The number of halogens is 1. The molecule has 0 spiro atoms. The van der Waals surface area contributed by atoms with E-state index in [2.05, 4.69) is 26.6 Å². The average molecular weight is 357 g/mol. The third kappa shape index (κ3) is 3.94. The predicted molar refractivity (Wildman–Crippen MR) is 79.5 cm³/mol. The first kappa shape index (κ1) is 14.8. The number of amides is 2. The zero-order chi connectivity index (χ0) is 14.5. The van der Waals surface area contributed by atoms with Gasteiger partial charge in [0.1, 0.15) is 6.04 Å². The van der Waals surface area contributed by atoms with Crippen LogP contribution in [-0.2, 0) is 11.3 Å². The van der Waals surface area contributed by atoms with Crippen molar-refractivity contribution < 1.29 is 14.0 Å². The van der Waals surface area contributed by atoms with Crippen LogP contribution in [0.4, 0.5) is 0 Å². The molecule has 2 amide bonds. The summed E-state index contributed by atoms with van der Waals surface area (Å²) < 4.78 is 5.98. The van der Waals surface area contributed by atoms with E-state index in [1.807, 2.05) is 12.1 Å². The number of carbonyl (C=O) groups is 2. The number of furan rings is 1. The van der Waals surface area contributed by atoms with Crippen LogP contribution in [0.5, 0.6) is 0 Å². The second-order valence-electron chi connectivity index (χ2n) is 4.10. The van der Waals surface area contributed by atoms with E-state index in [1.54, 1.807) is 30.4 Å². The van der Waals surface area contributed by atoms with Gasteiger partial charge in [-0.2, -0.15) is 0 Å². The Hall–Kier alpha value is -1.60. The van der Waals surface area contributed by atoms with Gasteiger partial charge in [-0.05, 0) is 47.1 Å². The van der Waals surface area contributed by atoms with E-state index >= 15 is 0 Å². The molecule has 1 unspecified atom stereocenters. The summed E-state index contributed by atoms with van der Waals surface area (Å²) in [6, 6.07) is 6.39. The number of hydrogen-bond acceptors (Lipinski definition) is 4. The minimum absolute atomic E-state index is 0.187. The van der Waals surface area contributed by atoms with Gasteiger partial charge < -0.3 is 15.1 Å². The number of thiophene rings is 1. The molecule has 2 aromatic rings. The molecule has 5 nitrogen and oxygen atoms in total. The first-order valence-electron chi connectivity index (χ1n) is 5.92. The standard InChI is InChI=1S/C13H13BrN2O3S/c1-8(16-13(18)10-3-2-6-19-10)12(17)15-7-9-4-5-11(14)20-9/h2-6,8H,7H2,1H3,(H,15,17)(H,16,18). The number of carbonyl (C=O) groups excluding carboxylic acids is 2. The van der Waals surface area contributed by atoms with E-state index in [-0.39, 0.29) is 11.7 Å². The molecule has 2 heterocycles. The van der Waals surface area contributed by atoms with Crippen molar-refractivity contribution in [1.29, 1.82) is 0 Å². The summed E-state index contributed by atoms with van der Waals surface area (Å²) >= 11 is 4.91. The van der Waals surface area contributed by atoms with Crippen LogP contribution in [0.1, 0.15) is 22.4 Å². The van der Waals surface area contributed by atoms with Crippen LogP contribution in [0, 0.1) is 0 Å². The Kier molecular flexibility index (Phi) is 4.97.